The molecule has 1 aliphatic heterocycles. The van der Waals surface area contributed by atoms with Crippen LogP contribution in [0.5, 0.6) is 17.2 Å². The summed E-state index contributed by atoms with van der Waals surface area (Å²) in [6, 6.07) is 16.7. The molecule has 162 valence electrons. The van der Waals surface area contributed by atoms with E-state index in [1.54, 1.807) is 17.9 Å². The number of methoxy groups -OCH3 is 1. The largest absolute Gasteiger partial charge is 0.497 e. The third kappa shape index (κ3) is 4.00. The molecule has 2 aromatic heterocycles. The predicted octanol–water partition coefficient (Wildman–Crippen LogP) is 3.26. The maximum atomic E-state index is 12.5. The highest BCUT2D eigenvalue weighted by atomic mass is 16.7. The van der Waals surface area contributed by atoms with Gasteiger partial charge in [-0.25, -0.2) is 0 Å². The van der Waals surface area contributed by atoms with E-state index in [0.717, 1.165) is 16.9 Å². The van der Waals surface area contributed by atoms with Crippen molar-refractivity contribution >= 4 is 5.91 Å². The second-order valence-electron chi connectivity index (χ2n) is 7.14. The summed E-state index contributed by atoms with van der Waals surface area (Å²) in [5.74, 6) is 2.73. The van der Waals surface area contributed by atoms with Crippen LogP contribution >= 0.6 is 0 Å². The van der Waals surface area contributed by atoms with E-state index < -0.39 is 0 Å². The fourth-order valence-corrected chi connectivity index (χ4v) is 3.38. The van der Waals surface area contributed by atoms with Gasteiger partial charge in [0.2, 0.25) is 18.5 Å². The Balaban J connectivity index is 1.26. The van der Waals surface area contributed by atoms with E-state index in [-0.39, 0.29) is 19.2 Å². The second kappa shape index (κ2) is 8.46. The number of hydrogen-bond donors (Lipinski definition) is 1. The summed E-state index contributed by atoms with van der Waals surface area (Å²) in [4.78, 5) is 17.0. The van der Waals surface area contributed by atoms with E-state index in [1.807, 2.05) is 54.6 Å². The molecule has 0 spiro atoms. The minimum absolute atomic E-state index is 0.125. The van der Waals surface area contributed by atoms with Crippen molar-refractivity contribution in [2.45, 2.75) is 13.1 Å². The number of fused-ring (bicyclic) bond motifs is 1. The molecule has 0 bridgehead atoms. The fourth-order valence-electron chi connectivity index (χ4n) is 3.38. The lowest BCUT2D eigenvalue weighted by Crippen LogP contribution is -2.27. The Bertz CT molecular complexity index is 1250. The van der Waals surface area contributed by atoms with Crippen molar-refractivity contribution in [3.63, 3.8) is 0 Å². The van der Waals surface area contributed by atoms with Crippen molar-refractivity contribution < 1.29 is 23.5 Å². The second-order valence-corrected chi connectivity index (χ2v) is 7.14. The maximum absolute atomic E-state index is 12.5. The van der Waals surface area contributed by atoms with Crippen molar-refractivity contribution in [3.8, 4) is 40.2 Å². The number of aromatic nitrogens is 3. The van der Waals surface area contributed by atoms with Crippen LogP contribution < -0.4 is 19.5 Å². The molecular weight excluding hydrogens is 412 g/mol. The predicted molar refractivity (Wildman–Crippen MR) is 114 cm³/mol. The van der Waals surface area contributed by atoms with E-state index in [4.69, 9.17) is 18.7 Å². The number of carbonyl (C=O) groups is 1. The summed E-state index contributed by atoms with van der Waals surface area (Å²) < 4.78 is 23.1. The van der Waals surface area contributed by atoms with Crippen LogP contribution in [0.4, 0.5) is 0 Å². The summed E-state index contributed by atoms with van der Waals surface area (Å²) in [7, 11) is 1.62. The molecule has 9 heteroatoms. The molecule has 0 aliphatic carbocycles. The van der Waals surface area contributed by atoms with Crippen LogP contribution in [0.2, 0.25) is 0 Å². The van der Waals surface area contributed by atoms with Crippen LogP contribution in [0.25, 0.3) is 23.0 Å². The SMILES string of the molecule is COc1ccc(CNC(=O)Cn2cccc2-c2nc(-c3ccc4c(c3)OCO4)no2)cc1. The Morgan fingerprint density at radius 1 is 1.12 bits per heavy atom. The number of hydrogen-bond acceptors (Lipinski definition) is 7. The third-order valence-electron chi connectivity index (χ3n) is 5.07. The Labute approximate surface area is 183 Å². The molecule has 9 nitrogen and oxygen atoms in total. The van der Waals surface area contributed by atoms with E-state index in [0.29, 0.717) is 35.5 Å². The van der Waals surface area contributed by atoms with Gasteiger partial charge in [-0.05, 0) is 48.0 Å². The highest BCUT2D eigenvalue weighted by Crippen LogP contribution is 2.35. The Morgan fingerprint density at radius 2 is 1.97 bits per heavy atom. The van der Waals surface area contributed by atoms with Crippen molar-refractivity contribution in [2.75, 3.05) is 13.9 Å². The smallest absolute Gasteiger partial charge is 0.274 e. The zero-order chi connectivity index (χ0) is 21.9. The molecule has 0 fully saturated rings. The highest BCUT2D eigenvalue weighted by molar-refractivity contribution is 5.76. The molecule has 0 saturated carbocycles. The fraction of sp³-hybridized carbons (Fsp3) is 0.174. The van der Waals surface area contributed by atoms with Gasteiger partial charge in [0, 0.05) is 18.3 Å². The molecule has 0 radical (unpaired) electrons. The van der Waals surface area contributed by atoms with Crippen LogP contribution in [-0.4, -0.2) is 34.5 Å². The van der Waals surface area contributed by atoms with Gasteiger partial charge in [-0.2, -0.15) is 4.98 Å². The van der Waals surface area contributed by atoms with Crippen molar-refractivity contribution in [3.05, 3.63) is 66.4 Å². The Morgan fingerprint density at radius 3 is 2.81 bits per heavy atom. The summed E-state index contributed by atoms with van der Waals surface area (Å²) in [6.07, 6.45) is 1.80. The monoisotopic (exact) mass is 432 g/mol. The zero-order valence-corrected chi connectivity index (χ0v) is 17.3. The molecule has 0 atom stereocenters. The van der Waals surface area contributed by atoms with Crippen LogP contribution in [0.1, 0.15) is 5.56 Å². The van der Waals surface area contributed by atoms with Crippen LogP contribution in [-0.2, 0) is 17.9 Å². The number of rotatable bonds is 7. The van der Waals surface area contributed by atoms with Crippen molar-refractivity contribution in [2.24, 2.45) is 0 Å². The lowest BCUT2D eigenvalue weighted by molar-refractivity contribution is -0.121. The average Bonchev–Trinajstić information content (AvgIpc) is 3.57. The van der Waals surface area contributed by atoms with Gasteiger partial charge < -0.3 is 28.6 Å². The van der Waals surface area contributed by atoms with Gasteiger partial charge in [-0.1, -0.05) is 17.3 Å². The zero-order valence-electron chi connectivity index (χ0n) is 17.3. The number of benzene rings is 2. The van der Waals surface area contributed by atoms with Gasteiger partial charge in [0.25, 0.3) is 5.89 Å². The van der Waals surface area contributed by atoms with Gasteiger partial charge in [-0.15, -0.1) is 0 Å². The first-order valence-electron chi connectivity index (χ1n) is 9.98. The van der Waals surface area contributed by atoms with E-state index in [9.17, 15) is 4.79 Å². The molecule has 0 saturated heterocycles. The summed E-state index contributed by atoms with van der Waals surface area (Å²) in [5, 5.41) is 6.99. The molecule has 1 N–H and O–H groups in total. The number of ether oxygens (including phenoxy) is 3. The molecular formula is C23H20N4O5. The van der Waals surface area contributed by atoms with E-state index >= 15 is 0 Å². The summed E-state index contributed by atoms with van der Waals surface area (Å²) in [5.41, 5.74) is 2.39. The van der Waals surface area contributed by atoms with E-state index in [2.05, 4.69) is 15.5 Å². The maximum Gasteiger partial charge on any atom is 0.274 e. The average molecular weight is 432 g/mol. The first kappa shape index (κ1) is 19.7. The van der Waals surface area contributed by atoms with Gasteiger partial charge in [0.05, 0.1) is 7.11 Å². The number of amides is 1. The number of nitrogens with zero attached hydrogens (tertiary/aromatic N) is 3. The minimum atomic E-state index is -0.131. The van der Waals surface area contributed by atoms with Crippen molar-refractivity contribution in [1.29, 1.82) is 0 Å². The molecule has 2 aromatic carbocycles. The number of nitrogens with one attached hydrogen (secondary N) is 1. The molecule has 3 heterocycles. The molecule has 0 unspecified atom stereocenters. The van der Waals surface area contributed by atoms with Gasteiger partial charge >= 0.3 is 0 Å². The Hall–Kier alpha value is -4.27. The molecule has 4 aromatic rings. The third-order valence-corrected chi connectivity index (χ3v) is 5.07. The standard InChI is InChI=1S/C23H20N4O5/c1-29-17-7-4-15(5-8-17)12-24-21(28)13-27-10-2-3-18(27)23-25-22(26-32-23)16-6-9-19-20(11-16)31-14-30-19/h2-11H,12-14H2,1H3,(H,24,28). The van der Waals surface area contributed by atoms with Gasteiger partial charge in [0.15, 0.2) is 11.5 Å². The van der Waals surface area contributed by atoms with Crippen LogP contribution in [0.15, 0.2) is 65.3 Å². The molecule has 1 amide bonds. The van der Waals surface area contributed by atoms with Gasteiger partial charge in [-0.3, -0.25) is 4.79 Å². The lowest BCUT2D eigenvalue weighted by atomic mass is 10.2. The summed E-state index contributed by atoms with van der Waals surface area (Å²) in [6.45, 7) is 0.749. The summed E-state index contributed by atoms with van der Waals surface area (Å²) >= 11 is 0. The van der Waals surface area contributed by atoms with Crippen LogP contribution in [0.3, 0.4) is 0 Å². The lowest BCUT2D eigenvalue weighted by Gasteiger charge is -2.08. The molecule has 1 aliphatic rings. The molecule has 32 heavy (non-hydrogen) atoms. The topological polar surface area (TPSA) is 101 Å². The molecule has 5 rings (SSSR count). The first-order valence-corrected chi connectivity index (χ1v) is 9.98. The quantitative estimate of drug-likeness (QED) is 0.478. The number of carbonyl (C=O) groups excluding carboxylic acids is 1. The minimum Gasteiger partial charge on any atom is -0.497 e. The van der Waals surface area contributed by atoms with E-state index in [1.165, 1.54) is 0 Å². The highest BCUT2D eigenvalue weighted by Gasteiger charge is 2.18. The first-order chi connectivity index (χ1) is 15.7. The van der Waals surface area contributed by atoms with Crippen molar-refractivity contribution in [1.82, 2.24) is 20.0 Å². The van der Waals surface area contributed by atoms with Crippen LogP contribution in [0, 0.1) is 0 Å². The van der Waals surface area contributed by atoms with Gasteiger partial charge in [0.1, 0.15) is 18.0 Å². The normalized spacial score (nSPS) is 12.0. The Kier molecular flexibility index (Phi) is 5.20.